The summed E-state index contributed by atoms with van der Waals surface area (Å²) in [6, 6.07) is -0.0836. The van der Waals surface area contributed by atoms with Gasteiger partial charge in [-0.1, -0.05) is 12.8 Å². The van der Waals surface area contributed by atoms with Crippen LogP contribution in [0.25, 0.3) is 0 Å². The molecule has 0 spiro atoms. The van der Waals surface area contributed by atoms with Gasteiger partial charge in [-0.2, -0.15) is 0 Å². The van der Waals surface area contributed by atoms with E-state index in [9.17, 15) is 9.59 Å². The van der Waals surface area contributed by atoms with Crippen LogP contribution < -0.4 is 11.1 Å². The second-order valence-electron chi connectivity index (χ2n) is 7.23. The highest BCUT2D eigenvalue weighted by molar-refractivity contribution is 5.80. The van der Waals surface area contributed by atoms with E-state index in [-0.39, 0.29) is 36.0 Å². The van der Waals surface area contributed by atoms with E-state index in [0.29, 0.717) is 12.3 Å². The Morgan fingerprint density at radius 3 is 2.42 bits per heavy atom. The number of nitrogens with one attached hydrogen (secondary N) is 1. The SMILES string of the molecule is COC1CCC(CCC(=O)NC2CCCCC2C(N)=O)CC1OC. The molecule has 5 atom stereocenters. The van der Waals surface area contributed by atoms with Gasteiger partial charge < -0.3 is 20.5 Å². The minimum Gasteiger partial charge on any atom is -0.379 e. The lowest BCUT2D eigenvalue weighted by Crippen LogP contribution is -2.47. The predicted octanol–water partition coefficient (Wildman–Crippen LogP) is 1.76. The molecule has 0 aromatic heterocycles. The molecular formula is C18H32N2O4. The zero-order chi connectivity index (χ0) is 17.5. The van der Waals surface area contributed by atoms with Gasteiger partial charge in [0.05, 0.1) is 18.1 Å². The molecule has 0 aromatic rings. The van der Waals surface area contributed by atoms with E-state index < -0.39 is 0 Å². The van der Waals surface area contributed by atoms with Gasteiger partial charge in [0, 0.05) is 26.7 Å². The van der Waals surface area contributed by atoms with Gasteiger partial charge in [0.2, 0.25) is 11.8 Å². The van der Waals surface area contributed by atoms with E-state index in [0.717, 1.165) is 51.4 Å². The molecule has 24 heavy (non-hydrogen) atoms. The van der Waals surface area contributed by atoms with Crippen LogP contribution in [0, 0.1) is 11.8 Å². The number of carbonyl (C=O) groups excluding carboxylic acids is 2. The summed E-state index contributed by atoms with van der Waals surface area (Å²) in [7, 11) is 3.45. The summed E-state index contributed by atoms with van der Waals surface area (Å²) in [5.41, 5.74) is 5.46. The Kier molecular flexibility index (Phi) is 7.49. The van der Waals surface area contributed by atoms with Crippen molar-refractivity contribution in [3.63, 3.8) is 0 Å². The highest BCUT2D eigenvalue weighted by atomic mass is 16.5. The maximum absolute atomic E-state index is 12.3. The largest absolute Gasteiger partial charge is 0.379 e. The summed E-state index contributed by atoms with van der Waals surface area (Å²) < 4.78 is 11.0. The first-order chi connectivity index (χ1) is 11.5. The summed E-state index contributed by atoms with van der Waals surface area (Å²) in [5.74, 6) is 0.0277. The first-order valence-electron chi connectivity index (χ1n) is 9.19. The van der Waals surface area contributed by atoms with Crippen molar-refractivity contribution in [2.24, 2.45) is 17.6 Å². The Morgan fingerprint density at radius 2 is 1.75 bits per heavy atom. The molecule has 5 unspecified atom stereocenters. The van der Waals surface area contributed by atoms with Gasteiger partial charge in [-0.15, -0.1) is 0 Å². The molecule has 2 aliphatic carbocycles. The number of methoxy groups -OCH3 is 2. The molecule has 2 saturated carbocycles. The van der Waals surface area contributed by atoms with Gasteiger partial charge in [-0.3, -0.25) is 9.59 Å². The lowest BCUT2D eigenvalue weighted by atomic mass is 9.82. The first kappa shape index (κ1) is 19.2. The molecule has 6 nitrogen and oxygen atoms in total. The molecule has 0 saturated heterocycles. The van der Waals surface area contributed by atoms with Crippen LogP contribution in [0.4, 0.5) is 0 Å². The summed E-state index contributed by atoms with van der Waals surface area (Å²) in [4.78, 5) is 23.8. The lowest BCUT2D eigenvalue weighted by Gasteiger charge is -2.34. The number of hydrogen-bond acceptors (Lipinski definition) is 4. The summed E-state index contributed by atoms with van der Waals surface area (Å²) >= 11 is 0. The Balaban J connectivity index is 1.75. The molecule has 2 aliphatic rings. The van der Waals surface area contributed by atoms with E-state index in [1.165, 1.54) is 0 Å². The van der Waals surface area contributed by atoms with Crippen molar-refractivity contribution in [2.45, 2.75) is 76.0 Å². The van der Waals surface area contributed by atoms with E-state index in [2.05, 4.69) is 5.32 Å². The van der Waals surface area contributed by atoms with Gasteiger partial charge in [0.25, 0.3) is 0 Å². The van der Waals surface area contributed by atoms with Gasteiger partial charge in [0.15, 0.2) is 0 Å². The highest BCUT2D eigenvalue weighted by Gasteiger charge is 2.32. The average Bonchev–Trinajstić information content (AvgIpc) is 2.59. The summed E-state index contributed by atoms with van der Waals surface area (Å²) in [6.45, 7) is 0. The number of amides is 2. The Morgan fingerprint density at radius 1 is 1.04 bits per heavy atom. The molecule has 2 fully saturated rings. The van der Waals surface area contributed by atoms with Crippen LogP contribution in [0.5, 0.6) is 0 Å². The highest BCUT2D eigenvalue weighted by Crippen LogP contribution is 2.31. The van der Waals surface area contributed by atoms with Crippen molar-refractivity contribution >= 4 is 11.8 Å². The molecule has 0 bridgehead atoms. The predicted molar refractivity (Wildman–Crippen MR) is 91.3 cm³/mol. The zero-order valence-electron chi connectivity index (χ0n) is 15.0. The van der Waals surface area contributed by atoms with Crippen LogP contribution in [0.3, 0.4) is 0 Å². The normalized spacial score (nSPS) is 33.8. The molecule has 0 radical (unpaired) electrons. The maximum atomic E-state index is 12.3. The van der Waals surface area contributed by atoms with Gasteiger partial charge in [-0.05, 0) is 44.4 Å². The topological polar surface area (TPSA) is 90.6 Å². The van der Waals surface area contributed by atoms with Crippen LogP contribution in [-0.4, -0.2) is 44.3 Å². The average molecular weight is 340 g/mol. The Hall–Kier alpha value is -1.14. The first-order valence-corrected chi connectivity index (χ1v) is 9.19. The Bertz CT molecular complexity index is 429. The van der Waals surface area contributed by atoms with Crippen LogP contribution in [0.2, 0.25) is 0 Å². The van der Waals surface area contributed by atoms with Crippen LogP contribution >= 0.6 is 0 Å². The fraction of sp³-hybridized carbons (Fsp3) is 0.889. The Labute approximate surface area is 144 Å². The fourth-order valence-corrected chi connectivity index (χ4v) is 4.22. The minimum absolute atomic E-state index is 0.0379. The molecule has 3 N–H and O–H groups in total. The van der Waals surface area contributed by atoms with Crippen molar-refractivity contribution in [3.05, 3.63) is 0 Å². The quantitative estimate of drug-likeness (QED) is 0.739. The van der Waals surface area contributed by atoms with Crippen molar-refractivity contribution < 1.29 is 19.1 Å². The summed E-state index contributed by atoms with van der Waals surface area (Å²) in [6.07, 6.45) is 8.33. The second kappa shape index (κ2) is 9.37. The molecule has 0 heterocycles. The van der Waals surface area contributed by atoms with Crippen molar-refractivity contribution in [2.75, 3.05) is 14.2 Å². The third-order valence-corrected chi connectivity index (χ3v) is 5.70. The smallest absolute Gasteiger partial charge is 0.222 e. The molecule has 2 amide bonds. The number of nitrogens with two attached hydrogens (primary N) is 1. The number of ether oxygens (including phenoxy) is 2. The third-order valence-electron chi connectivity index (χ3n) is 5.70. The van der Waals surface area contributed by atoms with Crippen molar-refractivity contribution in [3.8, 4) is 0 Å². The molecule has 2 rings (SSSR count). The number of rotatable bonds is 7. The zero-order valence-corrected chi connectivity index (χ0v) is 15.0. The monoisotopic (exact) mass is 340 g/mol. The second-order valence-corrected chi connectivity index (χ2v) is 7.23. The lowest BCUT2D eigenvalue weighted by molar-refractivity contribution is -0.126. The number of carbonyl (C=O) groups is 2. The van der Waals surface area contributed by atoms with Gasteiger partial charge in [-0.25, -0.2) is 0 Å². The summed E-state index contributed by atoms with van der Waals surface area (Å²) in [5, 5.41) is 3.04. The number of primary amides is 1. The number of hydrogen-bond donors (Lipinski definition) is 2. The van der Waals surface area contributed by atoms with Gasteiger partial charge in [0.1, 0.15) is 0 Å². The molecule has 138 valence electrons. The van der Waals surface area contributed by atoms with Crippen LogP contribution in [0.1, 0.15) is 57.8 Å². The van der Waals surface area contributed by atoms with Crippen molar-refractivity contribution in [1.82, 2.24) is 5.32 Å². The molecule has 0 aromatic carbocycles. The van der Waals surface area contributed by atoms with E-state index in [4.69, 9.17) is 15.2 Å². The van der Waals surface area contributed by atoms with Gasteiger partial charge >= 0.3 is 0 Å². The standard InChI is InChI=1S/C18H32N2O4/c1-23-15-9-7-12(11-16(15)24-2)8-10-17(21)20-14-6-4-3-5-13(14)18(19)22/h12-16H,3-11H2,1-2H3,(H2,19,22)(H,20,21). The van der Waals surface area contributed by atoms with E-state index in [1.54, 1.807) is 14.2 Å². The molecule has 6 heteroatoms. The molecular weight excluding hydrogens is 308 g/mol. The molecule has 0 aliphatic heterocycles. The third kappa shape index (κ3) is 5.18. The van der Waals surface area contributed by atoms with Crippen LogP contribution in [0.15, 0.2) is 0 Å². The van der Waals surface area contributed by atoms with Crippen molar-refractivity contribution in [1.29, 1.82) is 0 Å². The van der Waals surface area contributed by atoms with E-state index in [1.807, 2.05) is 0 Å². The minimum atomic E-state index is -0.291. The van der Waals surface area contributed by atoms with Crippen LogP contribution in [-0.2, 0) is 19.1 Å². The maximum Gasteiger partial charge on any atom is 0.222 e. The fourth-order valence-electron chi connectivity index (χ4n) is 4.22. The van der Waals surface area contributed by atoms with E-state index >= 15 is 0 Å².